The Morgan fingerprint density at radius 3 is 2.73 bits per heavy atom. The zero-order valence-corrected chi connectivity index (χ0v) is 6.67. The summed E-state index contributed by atoms with van der Waals surface area (Å²) in [6, 6.07) is 0.216. The second kappa shape index (κ2) is 3.99. The number of hydrogen-bond acceptors (Lipinski definition) is 3. The lowest BCUT2D eigenvalue weighted by atomic mass is 10.2. The molecule has 1 aliphatic heterocycles. The van der Waals surface area contributed by atoms with Crippen molar-refractivity contribution in [3.63, 3.8) is 0 Å². The van der Waals surface area contributed by atoms with E-state index in [9.17, 15) is 4.39 Å². The first kappa shape index (κ1) is 8.90. The lowest BCUT2D eigenvalue weighted by Gasteiger charge is -2.21. The third-order valence-electron chi connectivity index (χ3n) is 2.17. The number of nitrogens with two attached hydrogens (primary N) is 2. The van der Waals surface area contributed by atoms with Crippen LogP contribution in [-0.2, 0) is 0 Å². The van der Waals surface area contributed by atoms with Gasteiger partial charge < -0.3 is 11.5 Å². The van der Waals surface area contributed by atoms with Crippen LogP contribution in [0.1, 0.15) is 6.42 Å². The first-order valence-corrected chi connectivity index (χ1v) is 4.06. The molecule has 3 nitrogen and oxygen atoms in total. The van der Waals surface area contributed by atoms with Crippen LogP contribution in [-0.4, -0.2) is 43.3 Å². The predicted molar refractivity (Wildman–Crippen MR) is 43.0 cm³/mol. The van der Waals surface area contributed by atoms with Crippen LogP contribution in [0.3, 0.4) is 0 Å². The molecule has 1 fully saturated rings. The van der Waals surface area contributed by atoms with Gasteiger partial charge in [-0.15, -0.1) is 0 Å². The van der Waals surface area contributed by atoms with E-state index in [2.05, 4.69) is 0 Å². The predicted octanol–water partition coefficient (Wildman–Crippen LogP) is -0.684. The number of halogens is 1. The zero-order valence-electron chi connectivity index (χ0n) is 6.67. The summed E-state index contributed by atoms with van der Waals surface area (Å²) in [5.41, 5.74) is 10.8. The lowest BCUT2D eigenvalue weighted by molar-refractivity contribution is 0.253. The maximum atomic E-state index is 12.8. The van der Waals surface area contributed by atoms with Gasteiger partial charge in [0.2, 0.25) is 0 Å². The van der Waals surface area contributed by atoms with Crippen molar-refractivity contribution >= 4 is 0 Å². The van der Waals surface area contributed by atoms with Crippen LogP contribution in [0.15, 0.2) is 0 Å². The number of alkyl halides is 1. The molecule has 0 bridgehead atoms. The summed E-state index contributed by atoms with van der Waals surface area (Å²) in [6.07, 6.45) is -0.119. The molecule has 4 N–H and O–H groups in total. The van der Waals surface area contributed by atoms with Gasteiger partial charge in [0.05, 0.1) is 0 Å². The second-order valence-corrected chi connectivity index (χ2v) is 3.01. The Morgan fingerprint density at radius 1 is 1.45 bits per heavy atom. The van der Waals surface area contributed by atoms with Crippen LogP contribution in [0.4, 0.5) is 4.39 Å². The molecule has 2 atom stereocenters. The minimum Gasteiger partial charge on any atom is -0.329 e. The fraction of sp³-hybridized carbons (Fsp3) is 1.00. The Bertz CT molecular complexity index is 120. The van der Waals surface area contributed by atoms with Crippen LogP contribution in [0.25, 0.3) is 0 Å². The van der Waals surface area contributed by atoms with Crippen LogP contribution < -0.4 is 11.5 Å². The molecule has 1 rings (SSSR count). The highest BCUT2D eigenvalue weighted by molar-refractivity contribution is 4.85. The van der Waals surface area contributed by atoms with E-state index in [1.807, 2.05) is 4.90 Å². The summed E-state index contributed by atoms with van der Waals surface area (Å²) < 4.78 is 12.8. The minimum atomic E-state index is -0.699. The highest BCUT2D eigenvalue weighted by Gasteiger charge is 2.29. The Balaban J connectivity index is 2.37. The highest BCUT2D eigenvalue weighted by Crippen LogP contribution is 2.18. The molecule has 0 unspecified atom stereocenters. The van der Waals surface area contributed by atoms with Crippen LogP contribution >= 0.6 is 0 Å². The summed E-state index contributed by atoms with van der Waals surface area (Å²) in [6.45, 7) is 2.41. The first-order valence-electron chi connectivity index (χ1n) is 4.06. The van der Waals surface area contributed by atoms with Gasteiger partial charge in [-0.2, -0.15) is 0 Å². The fourth-order valence-corrected chi connectivity index (χ4v) is 1.61. The first-order chi connectivity index (χ1) is 5.27. The van der Waals surface area contributed by atoms with E-state index in [0.717, 1.165) is 6.54 Å². The number of hydrogen-bond donors (Lipinski definition) is 2. The Kier molecular flexibility index (Phi) is 3.23. The lowest BCUT2D eigenvalue weighted by Crippen LogP contribution is -2.38. The molecule has 0 saturated carbocycles. The average molecular weight is 161 g/mol. The highest BCUT2D eigenvalue weighted by atomic mass is 19.1. The monoisotopic (exact) mass is 161 g/mol. The average Bonchev–Trinajstić information content (AvgIpc) is 2.32. The van der Waals surface area contributed by atoms with Gasteiger partial charge in [-0.05, 0) is 6.42 Å². The van der Waals surface area contributed by atoms with E-state index < -0.39 is 6.17 Å². The standard InChI is InChI=1S/C7H16FN3/c8-6-3-7(4-10)11(5-6)2-1-9/h6-7H,1-5,9-10H2/t6-,7+/m1/s1. The zero-order chi connectivity index (χ0) is 8.27. The van der Waals surface area contributed by atoms with Crippen LogP contribution in [0, 0.1) is 0 Å². The third-order valence-corrected chi connectivity index (χ3v) is 2.17. The SMILES string of the molecule is NCCN1C[C@H](F)C[C@H]1CN. The van der Waals surface area contributed by atoms with E-state index >= 15 is 0 Å². The van der Waals surface area contributed by atoms with Crippen molar-refractivity contribution in [2.45, 2.75) is 18.6 Å². The molecular weight excluding hydrogens is 145 g/mol. The molecule has 0 aromatic rings. The van der Waals surface area contributed by atoms with Gasteiger partial charge in [-0.3, -0.25) is 4.90 Å². The molecule has 4 heteroatoms. The van der Waals surface area contributed by atoms with Crippen molar-refractivity contribution in [1.82, 2.24) is 4.90 Å². The third kappa shape index (κ3) is 2.12. The smallest absolute Gasteiger partial charge is 0.114 e. The molecule has 0 aromatic carbocycles. The Hall–Kier alpha value is -0.190. The van der Waals surface area contributed by atoms with Gasteiger partial charge in [0.15, 0.2) is 0 Å². The topological polar surface area (TPSA) is 55.3 Å². The largest absolute Gasteiger partial charge is 0.329 e. The summed E-state index contributed by atoms with van der Waals surface area (Å²) in [4.78, 5) is 2.03. The number of rotatable bonds is 3. The van der Waals surface area contributed by atoms with Gasteiger partial charge in [-0.25, -0.2) is 4.39 Å². The molecule has 0 amide bonds. The number of nitrogens with zero attached hydrogens (tertiary/aromatic N) is 1. The fourth-order valence-electron chi connectivity index (χ4n) is 1.61. The van der Waals surface area contributed by atoms with Crippen LogP contribution in [0.5, 0.6) is 0 Å². The molecule has 11 heavy (non-hydrogen) atoms. The van der Waals surface area contributed by atoms with Gasteiger partial charge in [0.25, 0.3) is 0 Å². The van der Waals surface area contributed by atoms with Crippen molar-refractivity contribution in [3.8, 4) is 0 Å². The molecule has 0 aliphatic carbocycles. The molecular formula is C7H16FN3. The Labute approximate surface area is 66.5 Å². The van der Waals surface area contributed by atoms with E-state index in [0.29, 0.717) is 26.1 Å². The second-order valence-electron chi connectivity index (χ2n) is 3.01. The minimum absolute atomic E-state index is 0.216. The molecule has 0 spiro atoms. The molecule has 1 aliphatic rings. The maximum Gasteiger partial charge on any atom is 0.114 e. The van der Waals surface area contributed by atoms with Gasteiger partial charge in [0, 0.05) is 32.2 Å². The summed E-state index contributed by atoms with van der Waals surface area (Å²) in [5.74, 6) is 0. The summed E-state index contributed by atoms with van der Waals surface area (Å²) in [7, 11) is 0. The van der Waals surface area contributed by atoms with E-state index in [1.165, 1.54) is 0 Å². The van der Waals surface area contributed by atoms with Crippen molar-refractivity contribution in [3.05, 3.63) is 0 Å². The summed E-state index contributed by atoms with van der Waals surface area (Å²) in [5, 5.41) is 0. The van der Waals surface area contributed by atoms with E-state index in [4.69, 9.17) is 11.5 Å². The molecule has 1 heterocycles. The van der Waals surface area contributed by atoms with Crippen molar-refractivity contribution < 1.29 is 4.39 Å². The van der Waals surface area contributed by atoms with Crippen molar-refractivity contribution in [1.29, 1.82) is 0 Å². The van der Waals surface area contributed by atoms with Gasteiger partial charge in [0.1, 0.15) is 6.17 Å². The van der Waals surface area contributed by atoms with Gasteiger partial charge >= 0.3 is 0 Å². The van der Waals surface area contributed by atoms with Gasteiger partial charge in [-0.1, -0.05) is 0 Å². The van der Waals surface area contributed by atoms with E-state index in [1.54, 1.807) is 0 Å². The van der Waals surface area contributed by atoms with Crippen LogP contribution in [0.2, 0.25) is 0 Å². The van der Waals surface area contributed by atoms with Crippen molar-refractivity contribution in [2.24, 2.45) is 11.5 Å². The summed E-state index contributed by atoms with van der Waals surface area (Å²) >= 11 is 0. The Morgan fingerprint density at radius 2 is 2.18 bits per heavy atom. The molecule has 1 saturated heterocycles. The molecule has 66 valence electrons. The molecule has 0 radical (unpaired) electrons. The quantitative estimate of drug-likeness (QED) is 0.576. The molecule has 0 aromatic heterocycles. The van der Waals surface area contributed by atoms with E-state index in [-0.39, 0.29) is 6.04 Å². The number of likely N-dealkylation sites (tertiary alicyclic amines) is 1. The normalized spacial score (nSPS) is 33.0. The van der Waals surface area contributed by atoms with Crippen molar-refractivity contribution in [2.75, 3.05) is 26.2 Å². The maximum absolute atomic E-state index is 12.8.